The summed E-state index contributed by atoms with van der Waals surface area (Å²) in [5.41, 5.74) is 2.79. The normalized spacial score (nSPS) is 11.0. The number of hydrogen-bond acceptors (Lipinski definition) is 2. The molecule has 0 spiro atoms. The molecule has 16 heavy (non-hydrogen) atoms. The number of hydrogen-bond donors (Lipinski definition) is 1. The van der Waals surface area contributed by atoms with Crippen molar-refractivity contribution in [2.45, 2.75) is 33.1 Å². The Hall–Kier alpha value is -1.64. The molecule has 0 radical (unpaired) electrons. The molecule has 0 aliphatic carbocycles. The maximum absolute atomic E-state index is 11.0. The first-order valence-corrected chi connectivity index (χ1v) is 5.22. The number of carbonyl (C=O) groups excluding carboxylic acids is 2. The van der Waals surface area contributed by atoms with E-state index in [0.717, 1.165) is 11.1 Å². The largest absolute Gasteiger partial charge is 0.319 e. The van der Waals surface area contributed by atoms with Gasteiger partial charge < -0.3 is 5.32 Å². The van der Waals surface area contributed by atoms with Crippen molar-refractivity contribution in [1.82, 2.24) is 0 Å². The van der Waals surface area contributed by atoms with Crippen molar-refractivity contribution < 1.29 is 9.59 Å². The minimum absolute atomic E-state index is 0.0222. The molecule has 0 aliphatic heterocycles. The maximum Gasteiger partial charge on any atom is 0.288 e. The molecule has 1 N–H and O–H groups in total. The van der Waals surface area contributed by atoms with Crippen molar-refractivity contribution in [2.75, 3.05) is 5.32 Å². The number of anilines is 1. The Balaban J connectivity index is 3.09. The quantitative estimate of drug-likeness (QED) is 0.613. The summed E-state index contributed by atoms with van der Waals surface area (Å²) in [6.07, 6.45) is 0.281. The van der Waals surface area contributed by atoms with Gasteiger partial charge in [-0.3, -0.25) is 9.59 Å². The lowest BCUT2D eigenvalue weighted by atomic mass is 9.86. The van der Waals surface area contributed by atoms with Crippen molar-refractivity contribution in [3.05, 3.63) is 29.3 Å². The van der Waals surface area contributed by atoms with Gasteiger partial charge >= 0.3 is 0 Å². The number of benzene rings is 1. The van der Waals surface area contributed by atoms with E-state index < -0.39 is 5.91 Å². The maximum atomic E-state index is 11.0. The highest BCUT2D eigenvalue weighted by molar-refractivity contribution is 6.29. The number of amides is 1. The Labute approximate surface area is 95.9 Å². The molecule has 0 heterocycles. The molecule has 1 amide bonds. The van der Waals surface area contributed by atoms with E-state index in [1.807, 2.05) is 25.1 Å². The monoisotopic (exact) mass is 219 g/mol. The van der Waals surface area contributed by atoms with Gasteiger partial charge in [-0.25, -0.2) is 0 Å². The molecule has 86 valence electrons. The van der Waals surface area contributed by atoms with E-state index in [2.05, 4.69) is 26.1 Å². The van der Waals surface area contributed by atoms with Gasteiger partial charge in [-0.1, -0.05) is 32.9 Å². The van der Waals surface area contributed by atoms with Gasteiger partial charge in [0.25, 0.3) is 5.91 Å². The Morgan fingerprint density at radius 2 is 1.94 bits per heavy atom. The van der Waals surface area contributed by atoms with Crippen LogP contribution in [0.1, 0.15) is 31.9 Å². The van der Waals surface area contributed by atoms with Gasteiger partial charge in [-0.15, -0.1) is 0 Å². The van der Waals surface area contributed by atoms with Crippen LogP contribution in [0.25, 0.3) is 0 Å². The van der Waals surface area contributed by atoms with Crippen molar-refractivity contribution >= 4 is 17.9 Å². The van der Waals surface area contributed by atoms with Crippen LogP contribution in [-0.4, -0.2) is 12.2 Å². The molecule has 0 atom stereocenters. The van der Waals surface area contributed by atoms with Crippen LogP contribution in [-0.2, 0) is 15.0 Å². The standard InChI is InChI=1S/C13H17NO2/c1-9-5-6-10(13(2,3)4)7-11(9)14-12(16)8-15/h5-8H,1-4H3,(H,14,16). The minimum atomic E-state index is -0.617. The summed E-state index contributed by atoms with van der Waals surface area (Å²) in [7, 11) is 0. The van der Waals surface area contributed by atoms with E-state index in [-0.39, 0.29) is 11.7 Å². The van der Waals surface area contributed by atoms with Crippen LogP contribution in [0.5, 0.6) is 0 Å². The molecule has 1 aromatic rings. The lowest BCUT2D eigenvalue weighted by Gasteiger charge is -2.20. The van der Waals surface area contributed by atoms with Crippen molar-refractivity contribution in [1.29, 1.82) is 0 Å². The summed E-state index contributed by atoms with van der Waals surface area (Å²) in [6, 6.07) is 5.89. The van der Waals surface area contributed by atoms with Gasteiger partial charge in [-0.05, 0) is 29.5 Å². The second-order valence-corrected chi connectivity index (χ2v) is 4.89. The zero-order valence-corrected chi connectivity index (χ0v) is 10.1. The van der Waals surface area contributed by atoms with Gasteiger partial charge in [0.05, 0.1) is 0 Å². The molecule has 3 heteroatoms. The van der Waals surface area contributed by atoms with Crippen LogP contribution in [0.2, 0.25) is 0 Å². The van der Waals surface area contributed by atoms with E-state index in [0.29, 0.717) is 5.69 Å². The summed E-state index contributed by atoms with van der Waals surface area (Å²) in [5.74, 6) is -0.617. The zero-order valence-electron chi connectivity index (χ0n) is 10.1. The summed E-state index contributed by atoms with van der Waals surface area (Å²) < 4.78 is 0. The third-order valence-corrected chi connectivity index (χ3v) is 2.47. The highest BCUT2D eigenvalue weighted by atomic mass is 16.2. The second kappa shape index (κ2) is 4.47. The van der Waals surface area contributed by atoms with E-state index in [1.54, 1.807) is 0 Å². The fourth-order valence-electron chi connectivity index (χ4n) is 1.39. The molecular formula is C13H17NO2. The van der Waals surface area contributed by atoms with Crippen LogP contribution < -0.4 is 5.32 Å². The highest BCUT2D eigenvalue weighted by Crippen LogP contribution is 2.26. The number of rotatable bonds is 2. The molecule has 0 saturated heterocycles. The Kier molecular flexibility index (Phi) is 3.48. The first-order chi connectivity index (χ1) is 7.34. The summed E-state index contributed by atoms with van der Waals surface area (Å²) in [4.78, 5) is 21.3. The fourth-order valence-corrected chi connectivity index (χ4v) is 1.39. The second-order valence-electron chi connectivity index (χ2n) is 4.89. The third kappa shape index (κ3) is 2.92. The van der Waals surface area contributed by atoms with E-state index in [1.165, 1.54) is 0 Å². The topological polar surface area (TPSA) is 46.2 Å². The molecular weight excluding hydrogens is 202 g/mol. The van der Waals surface area contributed by atoms with Crippen LogP contribution in [0.4, 0.5) is 5.69 Å². The van der Waals surface area contributed by atoms with Gasteiger partial charge in [0.1, 0.15) is 0 Å². The van der Waals surface area contributed by atoms with Crippen molar-refractivity contribution in [2.24, 2.45) is 0 Å². The van der Waals surface area contributed by atoms with Crippen molar-refractivity contribution in [3.63, 3.8) is 0 Å². The lowest BCUT2D eigenvalue weighted by Crippen LogP contribution is -2.16. The molecule has 1 aromatic carbocycles. The number of carbonyl (C=O) groups is 2. The average Bonchev–Trinajstić information content (AvgIpc) is 2.19. The molecule has 3 nitrogen and oxygen atoms in total. The van der Waals surface area contributed by atoms with E-state index in [4.69, 9.17) is 0 Å². The summed E-state index contributed by atoms with van der Waals surface area (Å²) in [6.45, 7) is 8.20. The van der Waals surface area contributed by atoms with Gasteiger partial charge in [0, 0.05) is 5.69 Å². The molecule has 1 rings (SSSR count). The van der Waals surface area contributed by atoms with E-state index in [9.17, 15) is 9.59 Å². The smallest absolute Gasteiger partial charge is 0.288 e. The van der Waals surface area contributed by atoms with Crippen LogP contribution in [0.15, 0.2) is 18.2 Å². The molecule has 0 unspecified atom stereocenters. The number of nitrogens with one attached hydrogen (secondary N) is 1. The SMILES string of the molecule is Cc1ccc(C(C)(C)C)cc1NC(=O)C=O. The molecule has 0 aromatic heterocycles. The lowest BCUT2D eigenvalue weighted by molar-refractivity contribution is -0.127. The fraction of sp³-hybridized carbons (Fsp3) is 0.385. The van der Waals surface area contributed by atoms with Gasteiger partial charge in [0.2, 0.25) is 6.29 Å². The predicted molar refractivity (Wildman–Crippen MR) is 64.6 cm³/mol. The number of aldehydes is 1. The first-order valence-electron chi connectivity index (χ1n) is 5.22. The summed E-state index contributed by atoms with van der Waals surface area (Å²) >= 11 is 0. The summed E-state index contributed by atoms with van der Waals surface area (Å²) in [5, 5.41) is 2.57. The molecule has 0 bridgehead atoms. The third-order valence-electron chi connectivity index (χ3n) is 2.47. The predicted octanol–water partition coefficient (Wildman–Crippen LogP) is 2.43. The molecule has 0 saturated carbocycles. The van der Waals surface area contributed by atoms with E-state index >= 15 is 0 Å². The Morgan fingerprint density at radius 3 is 2.44 bits per heavy atom. The van der Waals surface area contributed by atoms with Crippen LogP contribution >= 0.6 is 0 Å². The van der Waals surface area contributed by atoms with Gasteiger partial charge in [-0.2, -0.15) is 0 Å². The zero-order chi connectivity index (χ0) is 12.3. The highest BCUT2D eigenvalue weighted by Gasteiger charge is 2.15. The van der Waals surface area contributed by atoms with Crippen LogP contribution in [0.3, 0.4) is 0 Å². The minimum Gasteiger partial charge on any atom is -0.319 e. The van der Waals surface area contributed by atoms with Gasteiger partial charge in [0.15, 0.2) is 0 Å². The van der Waals surface area contributed by atoms with Crippen molar-refractivity contribution in [3.8, 4) is 0 Å². The first kappa shape index (κ1) is 12.4. The Morgan fingerprint density at radius 1 is 1.31 bits per heavy atom. The average molecular weight is 219 g/mol. The number of aryl methyl sites for hydroxylation is 1. The Bertz CT molecular complexity index is 416. The molecule has 0 aliphatic rings. The molecule has 0 fully saturated rings. The van der Waals surface area contributed by atoms with Crippen LogP contribution in [0, 0.1) is 6.92 Å².